The molecule has 1 atom stereocenters. The van der Waals surface area contributed by atoms with Crippen LogP contribution in [-0.2, 0) is 6.54 Å². The molecule has 3 rings (SSSR count). The molecule has 2 heterocycles. The maximum atomic E-state index is 12.9. The van der Waals surface area contributed by atoms with Crippen molar-refractivity contribution in [2.45, 2.75) is 19.6 Å². The lowest BCUT2D eigenvalue weighted by Gasteiger charge is -1.95. The monoisotopic (exact) mass is 289 g/mol. The lowest BCUT2D eigenvalue weighted by molar-refractivity contribution is 0.194. The Bertz CT molecular complexity index is 735. The van der Waals surface area contributed by atoms with Gasteiger partial charge in [-0.1, -0.05) is 10.4 Å². The Morgan fingerprint density at radius 1 is 1.33 bits per heavy atom. The van der Waals surface area contributed by atoms with E-state index >= 15 is 0 Å². The first-order valence-electron chi connectivity index (χ1n) is 6.28. The molecule has 0 aliphatic carbocycles. The second-order valence-corrected chi connectivity index (χ2v) is 4.54. The molecule has 1 aromatic carbocycles. The van der Waals surface area contributed by atoms with Gasteiger partial charge in [-0.2, -0.15) is 4.98 Å². The van der Waals surface area contributed by atoms with Crippen LogP contribution in [0, 0.1) is 5.82 Å². The maximum absolute atomic E-state index is 12.9. The van der Waals surface area contributed by atoms with Crippen molar-refractivity contribution in [3.63, 3.8) is 0 Å². The molecule has 1 unspecified atom stereocenters. The first kappa shape index (κ1) is 13.4. The van der Waals surface area contributed by atoms with Gasteiger partial charge >= 0.3 is 0 Å². The fourth-order valence-electron chi connectivity index (χ4n) is 1.75. The smallest absolute Gasteiger partial charge is 0.257 e. The molecule has 2 aromatic heterocycles. The molecule has 108 valence electrons. The van der Waals surface area contributed by atoms with Gasteiger partial charge in [-0.3, -0.25) is 0 Å². The summed E-state index contributed by atoms with van der Waals surface area (Å²) in [7, 11) is 0. The first-order valence-corrected chi connectivity index (χ1v) is 6.28. The highest BCUT2D eigenvalue weighted by Crippen LogP contribution is 2.17. The Hall–Kier alpha value is -2.61. The molecule has 0 bridgehead atoms. The summed E-state index contributed by atoms with van der Waals surface area (Å²) in [6.45, 7) is 1.87. The molecule has 7 nitrogen and oxygen atoms in total. The van der Waals surface area contributed by atoms with Crippen molar-refractivity contribution in [3.8, 4) is 11.5 Å². The van der Waals surface area contributed by atoms with Crippen LogP contribution >= 0.6 is 0 Å². The van der Waals surface area contributed by atoms with Crippen molar-refractivity contribution in [1.29, 1.82) is 0 Å². The molecule has 0 radical (unpaired) electrons. The molecule has 0 spiro atoms. The number of halogens is 1. The lowest BCUT2D eigenvalue weighted by Crippen LogP contribution is -2.02. The lowest BCUT2D eigenvalue weighted by atomic mass is 10.2. The summed E-state index contributed by atoms with van der Waals surface area (Å²) in [4.78, 5) is 4.21. The minimum absolute atomic E-state index is 0.268. The summed E-state index contributed by atoms with van der Waals surface area (Å²) < 4.78 is 19.5. The summed E-state index contributed by atoms with van der Waals surface area (Å²) in [5.41, 5.74) is 1.11. The zero-order valence-corrected chi connectivity index (χ0v) is 11.1. The van der Waals surface area contributed by atoms with E-state index in [0.717, 1.165) is 0 Å². The zero-order valence-electron chi connectivity index (χ0n) is 11.1. The molecule has 0 saturated carbocycles. The third-order valence-corrected chi connectivity index (χ3v) is 2.85. The van der Waals surface area contributed by atoms with Crippen molar-refractivity contribution in [2.75, 3.05) is 0 Å². The second kappa shape index (κ2) is 5.41. The average molecular weight is 289 g/mol. The van der Waals surface area contributed by atoms with Crippen LogP contribution in [0.5, 0.6) is 0 Å². The Morgan fingerprint density at radius 2 is 2.10 bits per heavy atom. The third-order valence-electron chi connectivity index (χ3n) is 2.85. The van der Waals surface area contributed by atoms with Gasteiger partial charge in [0.2, 0.25) is 0 Å². The number of aliphatic hydroxyl groups is 1. The van der Waals surface area contributed by atoms with E-state index < -0.39 is 6.10 Å². The topological polar surface area (TPSA) is 89.9 Å². The number of aliphatic hydroxyl groups excluding tert-OH is 1. The van der Waals surface area contributed by atoms with Gasteiger partial charge < -0.3 is 9.63 Å². The van der Waals surface area contributed by atoms with Gasteiger partial charge in [-0.05, 0) is 31.2 Å². The van der Waals surface area contributed by atoms with Crippen LogP contribution in [0.25, 0.3) is 11.5 Å². The van der Waals surface area contributed by atoms with Gasteiger partial charge in [0.1, 0.15) is 18.1 Å². The molecule has 1 N–H and O–H groups in total. The third kappa shape index (κ3) is 2.95. The number of rotatable bonds is 4. The summed E-state index contributed by atoms with van der Waals surface area (Å²) in [5, 5.41) is 20.9. The minimum Gasteiger partial charge on any atom is -0.387 e. The fourth-order valence-corrected chi connectivity index (χ4v) is 1.75. The van der Waals surface area contributed by atoms with Crippen LogP contribution in [0.4, 0.5) is 4.39 Å². The van der Waals surface area contributed by atoms with Gasteiger partial charge in [0.15, 0.2) is 5.82 Å². The van der Waals surface area contributed by atoms with Crippen molar-refractivity contribution < 1.29 is 14.0 Å². The van der Waals surface area contributed by atoms with Crippen LogP contribution in [0.2, 0.25) is 0 Å². The molecule has 8 heteroatoms. The van der Waals surface area contributed by atoms with Gasteiger partial charge in [-0.25, -0.2) is 9.07 Å². The summed E-state index contributed by atoms with van der Waals surface area (Å²) in [6, 6.07) is 5.78. The second-order valence-electron chi connectivity index (χ2n) is 4.54. The van der Waals surface area contributed by atoms with E-state index in [1.165, 1.54) is 16.8 Å². The van der Waals surface area contributed by atoms with Gasteiger partial charge in [-0.15, -0.1) is 5.10 Å². The van der Waals surface area contributed by atoms with E-state index in [9.17, 15) is 9.50 Å². The Kier molecular flexibility index (Phi) is 3.44. The number of aromatic nitrogens is 5. The van der Waals surface area contributed by atoms with E-state index in [1.807, 2.05) is 0 Å². The first-order chi connectivity index (χ1) is 10.1. The van der Waals surface area contributed by atoms with Crippen LogP contribution in [-0.4, -0.2) is 30.2 Å². The summed E-state index contributed by atoms with van der Waals surface area (Å²) in [6.07, 6.45) is 0.928. The quantitative estimate of drug-likeness (QED) is 0.784. The highest BCUT2D eigenvalue weighted by molar-refractivity contribution is 5.52. The van der Waals surface area contributed by atoms with Crippen LogP contribution in [0.1, 0.15) is 24.5 Å². The van der Waals surface area contributed by atoms with Crippen LogP contribution in [0.3, 0.4) is 0 Å². The van der Waals surface area contributed by atoms with Crippen LogP contribution in [0.15, 0.2) is 35.0 Å². The zero-order chi connectivity index (χ0) is 14.8. The molecule has 3 aromatic rings. The molecule has 0 aliphatic rings. The number of hydrogen-bond acceptors (Lipinski definition) is 6. The van der Waals surface area contributed by atoms with E-state index in [4.69, 9.17) is 4.52 Å². The number of benzene rings is 1. The van der Waals surface area contributed by atoms with Crippen molar-refractivity contribution in [1.82, 2.24) is 25.1 Å². The summed E-state index contributed by atoms with van der Waals surface area (Å²) in [5.74, 6) is 0.393. The molecular weight excluding hydrogens is 277 g/mol. The number of nitrogens with zero attached hydrogens (tertiary/aromatic N) is 5. The van der Waals surface area contributed by atoms with Crippen LogP contribution < -0.4 is 0 Å². The fraction of sp³-hybridized carbons (Fsp3) is 0.231. The Labute approximate surface area is 119 Å². The average Bonchev–Trinajstić information content (AvgIpc) is 3.10. The standard InChI is InChI=1S/C13H12FN5O2/c1-8(20)11-6-19(18-16-11)7-12-15-13(21-17-12)9-2-4-10(14)5-3-9/h2-6,8,20H,7H2,1H3. The van der Waals surface area contributed by atoms with Crippen molar-refractivity contribution >= 4 is 0 Å². The summed E-state index contributed by atoms with van der Waals surface area (Å²) >= 11 is 0. The SMILES string of the molecule is CC(O)c1cn(Cc2noc(-c3ccc(F)cc3)n2)nn1. The molecule has 0 aliphatic heterocycles. The normalized spacial score (nSPS) is 12.5. The highest BCUT2D eigenvalue weighted by Gasteiger charge is 2.11. The van der Waals surface area contributed by atoms with Crippen molar-refractivity contribution in [2.24, 2.45) is 0 Å². The van der Waals surface area contributed by atoms with E-state index in [-0.39, 0.29) is 12.4 Å². The number of hydrogen-bond donors (Lipinski definition) is 1. The molecule has 0 saturated heterocycles. The maximum Gasteiger partial charge on any atom is 0.257 e. The molecular formula is C13H12FN5O2. The van der Waals surface area contributed by atoms with Gasteiger partial charge in [0, 0.05) is 5.56 Å². The Morgan fingerprint density at radius 3 is 2.76 bits per heavy atom. The van der Waals surface area contributed by atoms with Gasteiger partial charge in [0.05, 0.1) is 12.3 Å². The van der Waals surface area contributed by atoms with E-state index in [2.05, 4.69) is 20.5 Å². The Balaban J connectivity index is 1.76. The van der Waals surface area contributed by atoms with Crippen molar-refractivity contribution in [3.05, 3.63) is 47.8 Å². The highest BCUT2D eigenvalue weighted by atomic mass is 19.1. The molecule has 0 fully saturated rings. The molecule has 0 amide bonds. The predicted octanol–water partition coefficient (Wildman–Crippen LogP) is 1.57. The molecule has 21 heavy (non-hydrogen) atoms. The minimum atomic E-state index is -0.682. The van der Waals surface area contributed by atoms with E-state index in [0.29, 0.717) is 23.0 Å². The predicted molar refractivity (Wildman–Crippen MR) is 69.4 cm³/mol. The van der Waals surface area contributed by atoms with Gasteiger partial charge in [0.25, 0.3) is 5.89 Å². The largest absolute Gasteiger partial charge is 0.387 e. The van der Waals surface area contributed by atoms with E-state index in [1.54, 1.807) is 25.3 Å².